The Labute approximate surface area is 193 Å². The maximum absolute atomic E-state index is 13.7. The Hall–Kier alpha value is -4.02. The van der Waals surface area contributed by atoms with Crippen LogP contribution in [0.3, 0.4) is 0 Å². The summed E-state index contributed by atoms with van der Waals surface area (Å²) >= 11 is 0. The van der Waals surface area contributed by atoms with E-state index in [4.69, 9.17) is 9.47 Å². The zero-order valence-electron chi connectivity index (χ0n) is 18.6. The number of ether oxygens (including phenoxy) is 2. The van der Waals surface area contributed by atoms with Crippen LogP contribution < -0.4 is 20.1 Å². The predicted octanol–water partition coefficient (Wildman–Crippen LogP) is 4.06. The first kappa shape index (κ1) is 24.6. The topological polar surface area (TPSA) is 94.5 Å². The van der Waals surface area contributed by atoms with E-state index in [-0.39, 0.29) is 41.3 Å². The number of anilines is 1. The minimum atomic E-state index is -4.71. The summed E-state index contributed by atoms with van der Waals surface area (Å²) < 4.78 is 52.9. The summed E-state index contributed by atoms with van der Waals surface area (Å²) in [6.07, 6.45) is -1.76. The molecule has 2 aromatic carbocycles. The molecule has 0 aliphatic carbocycles. The number of aromatic nitrogens is 2. The van der Waals surface area contributed by atoms with E-state index in [9.17, 15) is 22.8 Å². The lowest BCUT2D eigenvalue weighted by Crippen LogP contribution is -2.34. The third kappa shape index (κ3) is 6.06. The van der Waals surface area contributed by atoms with Gasteiger partial charge in [0, 0.05) is 24.0 Å². The van der Waals surface area contributed by atoms with E-state index in [1.807, 2.05) is 0 Å². The van der Waals surface area contributed by atoms with Gasteiger partial charge >= 0.3 is 6.18 Å². The van der Waals surface area contributed by atoms with E-state index in [1.165, 1.54) is 54.5 Å². The molecule has 1 heterocycles. The smallest absolute Gasteiger partial charge is 0.418 e. The lowest BCUT2D eigenvalue weighted by atomic mass is 10.1. The Balaban J connectivity index is 1.80. The number of carbonyl (C=O) groups is 2. The molecule has 0 saturated carbocycles. The summed E-state index contributed by atoms with van der Waals surface area (Å²) in [6, 6.07) is 9.09. The molecule has 2 amide bonds. The fourth-order valence-electron chi connectivity index (χ4n) is 3.07. The molecule has 1 aromatic heterocycles. The van der Waals surface area contributed by atoms with Gasteiger partial charge in [-0.05, 0) is 56.3 Å². The van der Waals surface area contributed by atoms with Crippen LogP contribution in [0.4, 0.5) is 18.9 Å². The largest absolute Gasteiger partial charge is 0.493 e. The van der Waals surface area contributed by atoms with E-state index < -0.39 is 23.3 Å². The highest BCUT2D eigenvalue weighted by atomic mass is 19.4. The number of hydrogen-bond donors (Lipinski definition) is 2. The van der Waals surface area contributed by atoms with Crippen molar-refractivity contribution in [2.45, 2.75) is 26.1 Å². The summed E-state index contributed by atoms with van der Waals surface area (Å²) in [5.74, 6) is -0.760. The lowest BCUT2D eigenvalue weighted by molar-refractivity contribution is -0.137. The molecule has 2 N–H and O–H groups in total. The number of halogens is 3. The van der Waals surface area contributed by atoms with Gasteiger partial charge in [-0.25, -0.2) is 4.68 Å². The summed E-state index contributed by atoms with van der Waals surface area (Å²) in [5, 5.41) is 8.90. The maximum atomic E-state index is 13.7. The van der Waals surface area contributed by atoms with Crippen LogP contribution in [0, 0.1) is 0 Å². The molecule has 0 aliphatic heterocycles. The molecule has 0 spiro atoms. The van der Waals surface area contributed by atoms with E-state index in [0.717, 1.165) is 6.07 Å². The third-order valence-electron chi connectivity index (χ3n) is 4.56. The number of nitrogens with one attached hydrogen (secondary N) is 2. The Morgan fingerprint density at radius 3 is 2.50 bits per heavy atom. The standard InChI is InChI=1S/C23H23F3N4O4/c1-14(2)28-21(31)13-34-19-8-5-15(11-20(19)33-3)22(32)29-18-7-6-16(30-10-4-9-27-30)12-17(18)23(24,25)26/h4-12,14H,13H2,1-3H3,(H,28,31)(H,29,32). The van der Waals surface area contributed by atoms with Gasteiger partial charge < -0.3 is 20.1 Å². The van der Waals surface area contributed by atoms with Crippen LogP contribution in [0.5, 0.6) is 11.5 Å². The maximum Gasteiger partial charge on any atom is 0.418 e. The van der Waals surface area contributed by atoms with Gasteiger partial charge in [-0.15, -0.1) is 0 Å². The first-order valence-corrected chi connectivity index (χ1v) is 10.2. The first-order chi connectivity index (χ1) is 16.1. The van der Waals surface area contributed by atoms with Crippen molar-refractivity contribution in [2.24, 2.45) is 0 Å². The monoisotopic (exact) mass is 476 g/mol. The molecule has 0 radical (unpaired) electrons. The molecule has 0 fully saturated rings. The molecule has 0 atom stereocenters. The zero-order chi connectivity index (χ0) is 24.9. The predicted molar refractivity (Wildman–Crippen MR) is 118 cm³/mol. The van der Waals surface area contributed by atoms with Crippen molar-refractivity contribution in [3.63, 3.8) is 0 Å². The van der Waals surface area contributed by atoms with Gasteiger partial charge in [0.1, 0.15) is 0 Å². The number of alkyl halides is 3. The molecule has 0 bridgehead atoms. The highest BCUT2D eigenvalue weighted by molar-refractivity contribution is 6.05. The molecular formula is C23H23F3N4O4. The summed E-state index contributed by atoms with van der Waals surface area (Å²) in [6.45, 7) is 3.35. The molecular weight excluding hydrogens is 453 g/mol. The van der Waals surface area contributed by atoms with Crippen LogP contribution in [-0.4, -0.2) is 41.4 Å². The van der Waals surface area contributed by atoms with Crippen molar-refractivity contribution in [1.82, 2.24) is 15.1 Å². The number of nitrogens with zero attached hydrogens (tertiary/aromatic N) is 2. The van der Waals surface area contributed by atoms with Gasteiger partial charge in [0.2, 0.25) is 0 Å². The Morgan fingerprint density at radius 1 is 1.12 bits per heavy atom. The fraction of sp³-hybridized carbons (Fsp3) is 0.261. The molecule has 11 heteroatoms. The van der Waals surface area contributed by atoms with Crippen LogP contribution >= 0.6 is 0 Å². The van der Waals surface area contributed by atoms with Gasteiger partial charge in [0.15, 0.2) is 18.1 Å². The molecule has 0 unspecified atom stereocenters. The van der Waals surface area contributed by atoms with Gasteiger partial charge in [0.05, 0.1) is 24.0 Å². The van der Waals surface area contributed by atoms with E-state index in [1.54, 1.807) is 19.9 Å². The molecule has 0 saturated heterocycles. The van der Waals surface area contributed by atoms with Crippen molar-refractivity contribution in [1.29, 1.82) is 0 Å². The Bertz CT molecular complexity index is 1160. The average molecular weight is 476 g/mol. The number of carbonyl (C=O) groups excluding carboxylic acids is 2. The number of rotatable bonds is 8. The SMILES string of the molecule is COc1cc(C(=O)Nc2ccc(-n3cccn3)cc2C(F)(F)F)ccc1OCC(=O)NC(C)C. The second kappa shape index (κ2) is 10.3. The summed E-state index contributed by atoms with van der Waals surface area (Å²) in [5.41, 5.74) is -1.19. The van der Waals surface area contributed by atoms with E-state index in [2.05, 4.69) is 15.7 Å². The van der Waals surface area contributed by atoms with Crippen LogP contribution in [0.2, 0.25) is 0 Å². The van der Waals surface area contributed by atoms with Crippen molar-refractivity contribution in [3.8, 4) is 17.2 Å². The van der Waals surface area contributed by atoms with Crippen LogP contribution in [0.15, 0.2) is 54.9 Å². The highest BCUT2D eigenvalue weighted by Crippen LogP contribution is 2.36. The molecule has 3 aromatic rings. The summed E-state index contributed by atoms with van der Waals surface area (Å²) in [4.78, 5) is 24.5. The Morgan fingerprint density at radius 2 is 1.88 bits per heavy atom. The lowest BCUT2D eigenvalue weighted by Gasteiger charge is -2.16. The molecule has 0 aliphatic rings. The van der Waals surface area contributed by atoms with Crippen molar-refractivity contribution in [3.05, 3.63) is 66.0 Å². The van der Waals surface area contributed by atoms with E-state index >= 15 is 0 Å². The minimum absolute atomic E-state index is 0.0418. The summed E-state index contributed by atoms with van der Waals surface area (Å²) in [7, 11) is 1.34. The number of hydrogen-bond acceptors (Lipinski definition) is 5. The zero-order valence-corrected chi connectivity index (χ0v) is 18.6. The molecule has 3 rings (SSSR count). The van der Waals surface area contributed by atoms with Gasteiger partial charge in [-0.2, -0.15) is 18.3 Å². The third-order valence-corrected chi connectivity index (χ3v) is 4.56. The van der Waals surface area contributed by atoms with Gasteiger partial charge in [-0.3, -0.25) is 9.59 Å². The molecule has 8 nitrogen and oxygen atoms in total. The quantitative estimate of drug-likeness (QED) is 0.512. The van der Waals surface area contributed by atoms with Gasteiger partial charge in [0.25, 0.3) is 11.8 Å². The number of methoxy groups -OCH3 is 1. The molecule has 34 heavy (non-hydrogen) atoms. The van der Waals surface area contributed by atoms with Crippen LogP contribution in [0.25, 0.3) is 5.69 Å². The van der Waals surface area contributed by atoms with Crippen molar-refractivity contribution in [2.75, 3.05) is 19.0 Å². The Kier molecular flexibility index (Phi) is 7.44. The second-order valence-electron chi connectivity index (χ2n) is 7.51. The normalized spacial score (nSPS) is 11.3. The number of amides is 2. The van der Waals surface area contributed by atoms with Crippen molar-refractivity contribution >= 4 is 17.5 Å². The minimum Gasteiger partial charge on any atom is -0.493 e. The molecule has 180 valence electrons. The van der Waals surface area contributed by atoms with Crippen molar-refractivity contribution < 1.29 is 32.2 Å². The average Bonchev–Trinajstić information content (AvgIpc) is 3.31. The van der Waals surface area contributed by atoms with Gasteiger partial charge in [-0.1, -0.05) is 0 Å². The highest BCUT2D eigenvalue weighted by Gasteiger charge is 2.34. The second-order valence-corrected chi connectivity index (χ2v) is 7.51. The first-order valence-electron chi connectivity index (χ1n) is 10.2. The van der Waals surface area contributed by atoms with Crippen LogP contribution in [0.1, 0.15) is 29.8 Å². The number of benzene rings is 2. The van der Waals surface area contributed by atoms with E-state index in [0.29, 0.717) is 0 Å². The van der Waals surface area contributed by atoms with Crippen LogP contribution in [-0.2, 0) is 11.0 Å². The fourth-order valence-corrected chi connectivity index (χ4v) is 3.07.